The van der Waals surface area contributed by atoms with Crippen LogP contribution in [0.5, 0.6) is 0 Å². The van der Waals surface area contributed by atoms with Gasteiger partial charge < -0.3 is 0 Å². The minimum absolute atomic E-state index is 0.212. The van der Waals surface area contributed by atoms with Crippen molar-refractivity contribution in [2.45, 2.75) is 6.92 Å². The Labute approximate surface area is 110 Å². The van der Waals surface area contributed by atoms with Crippen molar-refractivity contribution in [3.8, 4) is 0 Å². The van der Waals surface area contributed by atoms with Gasteiger partial charge in [-0.2, -0.15) is 13.5 Å². The van der Waals surface area contributed by atoms with Gasteiger partial charge in [-0.15, -0.1) is 4.28 Å². The van der Waals surface area contributed by atoms with Crippen LogP contribution in [0.25, 0.3) is 10.8 Å². The predicted octanol–water partition coefficient (Wildman–Crippen LogP) is 1.93. The first-order valence-corrected chi connectivity index (χ1v) is 6.70. The molecule has 0 bridgehead atoms. The summed E-state index contributed by atoms with van der Waals surface area (Å²) in [6.45, 7) is 1.13. The monoisotopic (exact) mass is 281 g/mol. The molecule has 0 unspecified atom stereocenters. The van der Waals surface area contributed by atoms with E-state index >= 15 is 0 Å². The molecule has 0 spiro atoms. The Kier molecular flexibility index (Phi) is 3.52. The van der Waals surface area contributed by atoms with Crippen LogP contribution >= 0.6 is 0 Å². The van der Waals surface area contributed by atoms with Crippen molar-refractivity contribution in [1.82, 2.24) is 0 Å². The maximum absolute atomic E-state index is 11.4. The molecular weight excluding hydrogens is 270 g/mol. The zero-order valence-corrected chi connectivity index (χ0v) is 10.8. The lowest BCUT2D eigenvalue weighted by molar-refractivity contribution is -0.120. The zero-order chi connectivity index (χ0) is 14.0. The van der Waals surface area contributed by atoms with E-state index in [1.807, 2.05) is 24.3 Å². The van der Waals surface area contributed by atoms with Crippen molar-refractivity contribution in [3.63, 3.8) is 0 Å². The fraction of sp³-hybridized carbons (Fsp3) is 0.0833. The third kappa shape index (κ3) is 3.28. The lowest BCUT2D eigenvalue weighted by atomic mass is 10.1. The number of hydrogen-bond acceptors (Lipinski definition) is 4. The van der Waals surface area contributed by atoms with Crippen LogP contribution in [0.1, 0.15) is 6.92 Å². The molecule has 1 amide bonds. The molecule has 0 fully saturated rings. The lowest BCUT2D eigenvalue weighted by Gasteiger charge is -2.17. The highest BCUT2D eigenvalue weighted by molar-refractivity contribution is 7.81. The van der Waals surface area contributed by atoms with Crippen LogP contribution in [0.4, 0.5) is 5.69 Å². The highest BCUT2D eigenvalue weighted by atomic mass is 32.3. The van der Waals surface area contributed by atoms with Gasteiger partial charge in [0.2, 0.25) is 5.91 Å². The number of amides is 1. The fourth-order valence-corrected chi connectivity index (χ4v) is 2.05. The Hall–Kier alpha value is -1.96. The molecule has 0 aromatic heterocycles. The van der Waals surface area contributed by atoms with Crippen LogP contribution in [0.15, 0.2) is 42.5 Å². The molecule has 0 heterocycles. The second kappa shape index (κ2) is 4.96. The van der Waals surface area contributed by atoms with E-state index in [9.17, 15) is 13.2 Å². The standard InChI is InChI=1S/C12H11NO5S/c1-9(14)13(18-19(15,16)17)12-7-6-10-4-2-3-5-11(10)8-12/h2-8H,1H3,(H,15,16,17). The second-order valence-electron chi connectivity index (χ2n) is 3.85. The Morgan fingerprint density at radius 1 is 1.16 bits per heavy atom. The maximum atomic E-state index is 11.4. The van der Waals surface area contributed by atoms with Gasteiger partial charge in [-0.3, -0.25) is 9.35 Å². The summed E-state index contributed by atoms with van der Waals surface area (Å²) in [6, 6.07) is 12.2. The topological polar surface area (TPSA) is 83.9 Å². The molecule has 6 nitrogen and oxygen atoms in total. The molecule has 0 saturated heterocycles. The van der Waals surface area contributed by atoms with Gasteiger partial charge in [-0.05, 0) is 22.9 Å². The fourth-order valence-electron chi connectivity index (χ4n) is 1.67. The minimum Gasteiger partial charge on any atom is -0.272 e. The summed E-state index contributed by atoms with van der Waals surface area (Å²) in [4.78, 5) is 11.4. The van der Waals surface area contributed by atoms with Crippen LogP contribution in [0.3, 0.4) is 0 Å². The average Bonchev–Trinajstić information content (AvgIpc) is 2.34. The molecule has 2 aromatic rings. The minimum atomic E-state index is -4.76. The van der Waals surface area contributed by atoms with Crippen molar-refractivity contribution in [2.24, 2.45) is 0 Å². The highest BCUT2D eigenvalue weighted by Crippen LogP contribution is 2.23. The van der Waals surface area contributed by atoms with E-state index in [1.165, 1.54) is 6.07 Å². The Bertz CT molecular complexity index is 726. The van der Waals surface area contributed by atoms with E-state index in [-0.39, 0.29) is 5.69 Å². The van der Waals surface area contributed by atoms with Gasteiger partial charge in [0.25, 0.3) is 0 Å². The van der Waals surface area contributed by atoms with Crippen LogP contribution in [-0.2, 0) is 19.5 Å². The average molecular weight is 281 g/mol. The number of hydrogen-bond donors (Lipinski definition) is 1. The van der Waals surface area contributed by atoms with E-state index in [0.717, 1.165) is 17.7 Å². The van der Waals surface area contributed by atoms with Gasteiger partial charge >= 0.3 is 10.4 Å². The summed E-state index contributed by atoms with van der Waals surface area (Å²) in [5.74, 6) is -0.673. The number of benzene rings is 2. The molecule has 2 rings (SSSR count). The van der Waals surface area contributed by atoms with Gasteiger partial charge in [0.1, 0.15) is 0 Å². The third-order valence-electron chi connectivity index (χ3n) is 2.42. The number of rotatable bonds is 3. The number of carbonyl (C=O) groups is 1. The van der Waals surface area contributed by atoms with Gasteiger partial charge in [0.05, 0.1) is 5.69 Å². The Balaban J connectivity index is 2.47. The van der Waals surface area contributed by atoms with Crippen molar-refractivity contribution in [1.29, 1.82) is 0 Å². The molecule has 7 heteroatoms. The molecule has 0 radical (unpaired) electrons. The molecule has 0 saturated carbocycles. The normalized spacial score (nSPS) is 11.5. The van der Waals surface area contributed by atoms with Crippen molar-refractivity contribution >= 4 is 32.8 Å². The van der Waals surface area contributed by atoms with Gasteiger partial charge in [-0.1, -0.05) is 30.3 Å². The van der Waals surface area contributed by atoms with E-state index < -0.39 is 16.3 Å². The molecule has 1 N–H and O–H groups in total. The third-order valence-corrected chi connectivity index (χ3v) is 2.76. The molecule has 0 aliphatic rings. The first-order valence-electron chi connectivity index (χ1n) is 5.33. The molecular formula is C12H11NO5S. The Morgan fingerprint density at radius 2 is 1.79 bits per heavy atom. The summed E-state index contributed by atoms with van der Waals surface area (Å²) < 4.78 is 34.4. The lowest BCUT2D eigenvalue weighted by Crippen LogP contribution is -2.31. The van der Waals surface area contributed by atoms with Gasteiger partial charge in [0.15, 0.2) is 0 Å². The van der Waals surface area contributed by atoms with Crippen molar-refractivity contribution < 1.29 is 22.0 Å². The molecule has 0 aliphatic carbocycles. The Morgan fingerprint density at radius 3 is 2.37 bits per heavy atom. The SMILES string of the molecule is CC(=O)N(OS(=O)(=O)O)c1ccc2ccccc2c1. The number of nitrogens with zero attached hydrogens (tertiary/aromatic N) is 1. The zero-order valence-electron chi connectivity index (χ0n) is 9.98. The predicted molar refractivity (Wildman–Crippen MR) is 69.7 cm³/mol. The first kappa shape index (κ1) is 13.5. The largest absolute Gasteiger partial charge is 0.418 e. The summed E-state index contributed by atoms with van der Waals surface area (Å²) in [5.41, 5.74) is 0.212. The van der Waals surface area contributed by atoms with E-state index in [1.54, 1.807) is 12.1 Å². The number of fused-ring (bicyclic) bond motifs is 1. The maximum Gasteiger partial charge on any atom is 0.418 e. The molecule has 0 aliphatic heterocycles. The molecule has 2 aromatic carbocycles. The van der Waals surface area contributed by atoms with Crippen LogP contribution in [-0.4, -0.2) is 18.9 Å². The van der Waals surface area contributed by atoms with Crippen molar-refractivity contribution in [2.75, 3.05) is 5.06 Å². The first-order chi connectivity index (χ1) is 8.87. The number of hydroxylamine groups is 1. The number of anilines is 1. The van der Waals surface area contributed by atoms with Crippen molar-refractivity contribution in [3.05, 3.63) is 42.5 Å². The summed E-state index contributed by atoms with van der Waals surface area (Å²) in [7, 11) is -4.76. The van der Waals surface area contributed by atoms with Crippen LogP contribution in [0, 0.1) is 0 Å². The number of carbonyl (C=O) groups excluding carboxylic acids is 1. The quantitative estimate of drug-likeness (QED) is 0.686. The second-order valence-corrected chi connectivity index (χ2v) is 4.85. The van der Waals surface area contributed by atoms with Crippen LogP contribution in [0.2, 0.25) is 0 Å². The smallest absolute Gasteiger partial charge is 0.272 e. The molecule has 0 atom stereocenters. The van der Waals surface area contributed by atoms with Gasteiger partial charge in [0, 0.05) is 6.92 Å². The summed E-state index contributed by atoms with van der Waals surface area (Å²) >= 11 is 0. The summed E-state index contributed by atoms with van der Waals surface area (Å²) in [5, 5.41) is 2.26. The van der Waals surface area contributed by atoms with Crippen LogP contribution < -0.4 is 5.06 Å². The molecule has 100 valence electrons. The summed E-state index contributed by atoms with van der Waals surface area (Å²) in [6.07, 6.45) is 0. The molecule has 19 heavy (non-hydrogen) atoms. The van der Waals surface area contributed by atoms with E-state index in [0.29, 0.717) is 5.06 Å². The highest BCUT2D eigenvalue weighted by Gasteiger charge is 2.19. The van der Waals surface area contributed by atoms with E-state index in [2.05, 4.69) is 4.28 Å². The van der Waals surface area contributed by atoms with E-state index in [4.69, 9.17) is 4.55 Å². The van der Waals surface area contributed by atoms with Gasteiger partial charge in [-0.25, -0.2) is 0 Å².